The van der Waals surface area contributed by atoms with E-state index in [4.69, 9.17) is 9.47 Å². The number of likely N-dealkylation sites (N-methyl/N-ethyl adjacent to an activating group) is 1. The van der Waals surface area contributed by atoms with Gasteiger partial charge in [-0.3, -0.25) is 4.90 Å². The van der Waals surface area contributed by atoms with Crippen LogP contribution < -0.4 is 4.74 Å². The molecule has 0 spiro atoms. The van der Waals surface area contributed by atoms with E-state index in [0.717, 1.165) is 0 Å². The van der Waals surface area contributed by atoms with Gasteiger partial charge in [-0.1, -0.05) is 12.1 Å². The lowest BCUT2D eigenvalue weighted by Gasteiger charge is -2.28. The number of methoxy groups -OCH3 is 1. The van der Waals surface area contributed by atoms with Crippen LogP contribution in [0.3, 0.4) is 0 Å². The summed E-state index contributed by atoms with van der Waals surface area (Å²) in [7, 11) is 3.08. The van der Waals surface area contributed by atoms with Crippen LogP contribution in [0.1, 0.15) is 32.4 Å². The number of carbonyl (C=O) groups excluding carboxylic acids is 2. The van der Waals surface area contributed by atoms with Gasteiger partial charge >= 0.3 is 6.09 Å². The highest BCUT2D eigenvalue weighted by Gasteiger charge is 2.26. The summed E-state index contributed by atoms with van der Waals surface area (Å²) in [5.74, 6) is 0.631. The third kappa shape index (κ3) is 4.26. The van der Waals surface area contributed by atoms with Crippen molar-refractivity contribution in [2.75, 3.05) is 14.2 Å². The Bertz CT molecular complexity index is 479. The molecule has 1 unspecified atom stereocenters. The number of amides is 1. The third-order valence-corrected chi connectivity index (χ3v) is 2.66. The first kappa shape index (κ1) is 16.0. The molecule has 1 aromatic carbocycles. The number of benzene rings is 1. The molecule has 0 bridgehead atoms. The molecule has 5 nitrogen and oxygen atoms in total. The number of hydrogen-bond donors (Lipinski definition) is 0. The van der Waals surface area contributed by atoms with Crippen LogP contribution >= 0.6 is 0 Å². The van der Waals surface area contributed by atoms with Crippen molar-refractivity contribution >= 4 is 12.4 Å². The van der Waals surface area contributed by atoms with Crippen molar-refractivity contribution in [3.63, 3.8) is 0 Å². The van der Waals surface area contributed by atoms with Gasteiger partial charge in [-0.25, -0.2) is 4.79 Å². The first-order valence-corrected chi connectivity index (χ1v) is 6.33. The smallest absolute Gasteiger partial charge is 0.410 e. The second-order valence-electron chi connectivity index (χ2n) is 5.45. The molecular formula is C15H21NO4. The minimum Gasteiger partial charge on any atom is -0.497 e. The summed E-state index contributed by atoms with van der Waals surface area (Å²) in [6.45, 7) is 5.33. The molecule has 0 saturated heterocycles. The zero-order chi connectivity index (χ0) is 15.3. The molecule has 0 aliphatic heterocycles. The molecule has 1 atom stereocenters. The van der Waals surface area contributed by atoms with Gasteiger partial charge in [-0.2, -0.15) is 0 Å². The number of hydrogen-bond acceptors (Lipinski definition) is 4. The zero-order valence-corrected chi connectivity index (χ0v) is 12.5. The SMILES string of the molecule is COc1cccc(C(C=O)N(C)C(=O)OC(C)(C)C)c1. The van der Waals surface area contributed by atoms with Gasteiger partial charge in [0, 0.05) is 7.05 Å². The molecular weight excluding hydrogens is 258 g/mol. The molecule has 20 heavy (non-hydrogen) atoms. The van der Waals surface area contributed by atoms with E-state index >= 15 is 0 Å². The standard InChI is InChI=1S/C15H21NO4/c1-15(2,3)20-14(18)16(4)13(10-17)11-7-6-8-12(9-11)19-5/h6-10,13H,1-5H3. The first-order chi connectivity index (χ1) is 9.28. The van der Waals surface area contributed by atoms with Crippen molar-refractivity contribution in [3.8, 4) is 5.75 Å². The minimum absolute atomic E-state index is 0.544. The highest BCUT2D eigenvalue weighted by molar-refractivity contribution is 5.74. The zero-order valence-electron chi connectivity index (χ0n) is 12.5. The second-order valence-corrected chi connectivity index (χ2v) is 5.45. The molecule has 110 valence electrons. The van der Waals surface area contributed by atoms with E-state index in [-0.39, 0.29) is 0 Å². The fourth-order valence-corrected chi connectivity index (χ4v) is 1.67. The fourth-order valence-electron chi connectivity index (χ4n) is 1.67. The molecule has 0 radical (unpaired) electrons. The highest BCUT2D eigenvalue weighted by Crippen LogP contribution is 2.23. The van der Waals surface area contributed by atoms with E-state index < -0.39 is 17.7 Å². The minimum atomic E-state index is -0.708. The summed E-state index contributed by atoms with van der Waals surface area (Å²) in [6.07, 6.45) is 0.163. The number of rotatable bonds is 4. The molecule has 0 N–H and O–H groups in total. The van der Waals surface area contributed by atoms with Crippen LogP contribution in [0.4, 0.5) is 4.79 Å². The normalized spacial score (nSPS) is 12.4. The lowest BCUT2D eigenvalue weighted by molar-refractivity contribution is -0.112. The Balaban J connectivity index is 2.94. The van der Waals surface area contributed by atoms with Crippen molar-refractivity contribution in [3.05, 3.63) is 29.8 Å². The van der Waals surface area contributed by atoms with E-state index in [1.807, 2.05) is 0 Å². The van der Waals surface area contributed by atoms with Crippen LogP contribution in [-0.2, 0) is 9.53 Å². The summed E-state index contributed by atoms with van der Waals surface area (Å²) >= 11 is 0. The van der Waals surface area contributed by atoms with Crippen LogP contribution in [0.5, 0.6) is 5.75 Å². The maximum atomic E-state index is 12.0. The lowest BCUT2D eigenvalue weighted by atomic mass is 10.1. The van der Waals surface area contributed by atoms with Gasteiger partial charge in [-0.15, -0.1) is 0 Å². The summed E-state index contributed by atoms with van der Waals surface area (Å²) in [5, 5.41) is 0. The molecule has 5 heteroatoms. The van der Waals surface area contributed by atoms with Gasteiger partial charge < -0.3 is 14.3 Å². The Morgan fingerprint density at radius 1 is 1.35 bits per heavy atom. The Kier molecular flexibility index (Phi) is 5.13. The topological polar surface area (TPSA) is 55.8 Å². The van der Waals surface area contributed by atoms with E-state index in [1.165, 1.54) is 11.9 Å². The molecule has 0 aliphatic carbocycles. The summed E-state index contributed by atoms with van der Waals surface area (Å²) in [6, 6.07) is 6.33. The van der Waals surface area contributed by atoms with Crippen molar-refractivity contribution in [1.82, 2.24) is 4.90 Å². The highest BCUT2D eigenvalue weighted by atomic mass is 16.6. The average molecular weight is 279 g/mol. The lowest BCUT2D eigenvalue weighted by Crippen LogP contribution is -2.37. The molecule has 0 aliphatic rings. The molecule has 0 heterocycles. The maximum Gasteiger partial charge on any atom is 0.410 e. The van der Waals surface area contributed by atoms with Gasteiger partial charge in [0.05, 0.1) is 7.11 Å². The Morgan fingerprint density at radius 2 is 2.00 bits per heavy atom. The van der Waals surface area contributed by atoms with Gasteiger partial charge in [-0.05, 0) is 38.5 Å². The quantitative estimate of drug-likeness (QED) is 0.795. The largest absolute Gasteiger partial charge is 0.497 e. The maximum absolute atomic E-state index is 12.0. The van der Waals surface area contributed by atoms with Crippen molar-refractivity contribution in [1.29, 1.82) is 0 Å². The summed E-state index contributed by atoms with van der Waals surface area (Å²) in [5.41, 5.74) is 0.0698. The number of carbonyl (C=O) groups is 2. The summed E-state index contributed by atoms with van der Waals surface area (Å²) in [4.78, 5) is 24.6. The average Bonchev–Trinajstić information content (AvgIpc) is 2.37. The van der Waals surface area contributed by atoms with Crippen LogP contribution in [-0.4, -0.2) is 37.0 Å². The Hall–Kier alpha value is -2.04. The van der Waals surface area contributed by atoms with Gasteiger partial charge in [0.15, 0.2) is 0 Å². The Morgan fingerprint density at radius 3 is 2.50 bits per heavy atom. The van der Waals surface area contributed by atoms with Crippen molar-refractivity contribution in [2.24, 2.45) is 0 Å². The molecule has 0 aromatic heterocycles. The molecule has 1 aromatic rings. The predicted molar refractivity (Wildman–Crippen MR) is 75.8 cm³/mol. The van der Waals surface area contributed by atoms with Crippen molar-refractivity contribution < 1.29 is 19.1 Å². The predicted octanol–water partition coefficient (Wildman–Crippen LogP) is 2.80. The van der Waals surface area contributed by atoms with Gasteiger partial charge in [0.2, 0.25) is 0 Å². The molecule has 0 saturated carbocycles. The van der Waals surface area contributed by atoms with Crippen LogP contribution in [0.2, 0.25) is 0 Å². The van der Waals surface area contributed by atoms with E-state index in [9.17, 15) is 9.59 Å². The van der Waals surface area contributed by atoms with Crippen molar-refractivity contribution in [2.45, 2.75) is 32.4 Å². The van der Waals surface area contributed by atoms with E-state index in [1.54, 1.807) is 52.1 Å². The van der Waals surface area contributed by atoms with Crippen LogP contribution in [0, 0.1) is 0 Å². The van der Waals surface area contributed by atoms with E-state index in [2.05, 4.69) is 0 Å². The van der Waals surface area contributed by atoms with Gasteiger partial charge in [0.1, 0.15) is 23.7 Å². The monoisotopic (exact) mass is 279 g/mol. The fraction of sp³-hybridized carbons (Fsp3) is 0.467. The first-order valence-electron chi connectivity index (χ1n) is 6.33. The molecule has 1 rings (SSSR count). The molecule has 0 fully saturated rings. The number of aldehydes is 1. The van der Waals surface area contributed by atoms with Crippen LogP contribution in [0.15, 0.2) is 24.3 Å². The van der Waals surface area contributed by atoms with Crippen LogP contribution in [0.25, 0.3) is 0 Å². The summed E-state index contributed by atoms with van der Waals surface area (Å²) < 4.78 is 10.4. The second kappa shape index (κ2) is 6.41. The van der Waals surface area contributed by atoms with E-state index in [0.29, 0.717) is 17.6 Å². The molecule has 1 amide bonds. The Labute approximate surface area is 119 Å². The third-order valence-electron chi connectivity index (χ3n) is 2.66. The number of nitrogens with zero attached hydrogens (tertiary/aromatic N) is 1. The van der Waals surface area contributed by atoms with Gasteiger partial charge in [0.25, 0.3) is 0 Å². The number of ether oxygens (including phenoxy) is 2.